The normalized spacial score (nSPS) is 12.0. The lowest BCUT2D eigenvalue weighted by atomic mass is 9.92. The SMILES string of the molecule is COc1ccc(-n2nc(C[C@@H](c3cccc(C)c3)c3nn[nH]n3)cc2-c2ccc(Cl)c(Cl)c2)cc1. The van der Waals surface area contributed by atoms with E-state index in [4.69, 9.17) is 33.0 Å². The highest BCUT2D eigenvalue weighted by molar-refractivity contribution is 6.42. The number of aromatic nitrogens is 6. The third-order valence-corrected chi connectivity index (χ3v) is 6.56. The first-order valence-corrected chi connectivity index (χ1v) is 11.8. The smallest absolute Gasteiger partial charge is 0.182 e. The van der Waals surface area contributed by atoms with E-state index < -0.39 is 0 Å². The third kappa shape index (κ3) is 4.92. The van der Waals surface area contributed by atoms with Gasteiger partial charge in [0.15, 0.2) is 5.82 Å². The summed E-state index contributed by atoms with van der Waals surface area (Å²) < 4.78 is 7.22. The lowest BCUT2D eigenvalue weighted by molar-refractivity contribution is 0.414. The van der Waals surface area contributed by atoms with E-state index in [2.05, 4.69) is 51.8 Å². The highest BCUT2D eigenvalue weighted by Gasteiger charge is 2.23. The minimum absolute atomic E-state index is 0.116. The Morgan fingerprint density at radius 3 is 2.49 bits per heavy atom. The van der Waals surface area contributed by atoms with Gasteiger partial charge < -0.3 is 4.74 Å². The molecule has 0 aliphatic heterocycles. The van der Waals surface area contributed by atoms with Crippen molar-refractivity contribution in [1.82, 2.24) is 30.4 Å². The van der Waals surface area contributed by atoms with Crippen LogP contribution in [0.15, 0.2) is 72.8 Å². The van der Waals surface area contributed by atoms with Crippen LogP contribution in [0.1, 0.15) is 28.6 Å². The van der Waals surface area contributed by atoms with Crippen LogP contribution in [0.25, 0.3) is 16.9 Å². The van der Waals surface area contributed by atoms with E-state index in [1.165, 1.54) is 0 Å². The molecule has 176 valence electrons. The van der Waals surface area contributed by atoms with Gasteiger partial charge >= 0.3 is 0 Å². The number of benzene rings is 3. The van der Waals surface area contributed by atoms with Crippen LogP contribution < -0.4 is 4.74 Å². The average Bonchev–Trinajstić information content (AvgIpc) is 3.55. The number of tetrazole rings is 1. The number of aryl methyl sites for hydroxylation is 1. The third-order valence-electron chi connectivity index (χ3n) is 5.82. The molecule has 35 heavy (non-hydrogen) atoms. The van der Waals surface area contributed by atoms with Crippen LogP contribution in [0.4, 0.5) is 0 Å². The number of hydrogen-bond donors (Lipinski definition) is 1. The Hall–Kier alpha value is -3.68. The Morgan fingerprint density at radius 2 is 1.80 bits per heavy atom. The summed E-state index contributed by atoms with van der Waals surface area (Å²) >= 11 is 12.5. The first-order chi connectivity index (χ1) is 17.0. The number of nitrogens with zero attached hydrogens (tertiary/aromatic N) is 5. The van der Waals surface area contributed by atoms with Gasteiger partial charge in [-0.05, 0) is 55.0 Å². The number of halogens is 2. The molecule has 0 bridgehead atoms. The number of hydrogen-bond acceptors (Lipinski definition) is 5. The number of rotatable bonds is 7. The molecule has 5 rings (SSSR count). The zero-order valence-electron chi connectivity index (χ0n) is 19.1. The van der Waals surface area contributed by atoms with Crippen LogP contribution >= 0.6 is 23.2 Å². The Morgan fingerprint density at radius 1 is 0.971 bits per heavy atom. The summed E-state index contributed by atoms with van der Waals surface area (Å²) in [6.07, 6.45) is 0.584. The molecule has 0 aliphatic carbocycles. The summed E-state index contributed by atoms with van der Waals surface area (Å²) in [7, 11) is 1.64. The summed E-state index contributed by atoms with van der Waals surface area (Å²) in [5.41, 5.74) is 5.82. The first kappa shape index (κ1) is 23.1. The van der Waals surface area contributed by atoms with E-state index in [-0.39, 0.29) is 5.92 Å². The fourth-order valence-electron chi connectivity index (χ4n) is 4.08. The topological polar surface area (TPSA) is 81.5 Å². The average molecular weight is 505 g/mol. The zero-order chi connectivity index (χ0) is 24.4. The maximum absolute atomic E-state index is 6.35. The number of H-pyrrole nitrogens is 1. The van der Waals surface area contributed by atoms with E-state index in [0.717, 1.165) is 39.5 Å². The van der Waals surface area contributed by atoms with E-state index >= 15 is 0 Å². The van der Waals surface area contributed by atoms with Crippen molar-refractivity contribution in [2.45, 2.75) is 19.3 Å². The van der Waals surface area contributed by atoms with Gasteiger partial charge in [-0.15, -0.1) is 10.2 Å². The summed E-state index contributed by atoms with van der Waals surface area (Å²) in [6.45, 7) is 2.07. The van der Waals surface area contributed by atoms with Crippen LogP contribution in [0.3, 0.4) is 0 Å². The molecule has 2 heterocycles. The molecule has 0 aliphatic rings. The van der Waals surface area contributed by atoms with Crippen LogP contribution in [-0.2, 0) is 6.42 Å². The summed E-state index contributed by atoms with van der Waals surface area (Å²) in [4.78, 5) is 0. The molecule has 0 fully saturated rings. The maximum atomic E-state index is 6.35. The molecule has 2 aromatic heterocycles. The quantitative estimate of drug-likeness (QED) is 0.291. The van der Waals surface area contributed by atoms with Crippen molar-refractivity contribution in [2.24, 2.45) is 0 Å². The number of nitrogens with one attached hydrogen (secondary N) is 1. The van der Waals surface area contributed by atoms with E-state index in [0.29, 0.717) is 22.3 Å². The molecule has 0 saturated heterocycles. The van der Waals surface area contributed by atoms with Crippen molar-refractivity contribution in [2.75, 3.05) is 7.11 Å². The van der Waals surface area contributed by atoms with E-state index in [9.17, 15) is 0 Å². The predicted octanol–water partition coefficient (Wildman–Crippen LogP) is 6.05. The summed E-state index contributed by atoms with van der Waals surface area (Å²) in [6, 6.07) is 23.7. The van der Waals surface area contributed by atoms with Gasteiger partial charge in [0.25, 0.3) is 0 Å². The van der Waals surface area contributed by atoms with Gasteiger partial charge in [0.05, 0.1) is 40.1 Å². The predicted molar refractivity (Wildman–Crippen MR) is 136 cm³/mol. The second-order valence-electron chi connectivity index (χ2n) is 8.20. The summed E-state index contributed by atoms with van der Waals surface area (Å²) in [5.74, 6) is 1.27. The van der Waals surface area contributed by atoms with Crippen LogP contribution in [0, 0.1) is 6.92 Å². The second kappa shape index (κ2) is 9.90. The van der Waals surface area contributed by atoms with Crippen molar-refractivity contribution >= 4 is 23.2 Å². The molecule has 0 amide bonds. The van der Waals surface area contributed by atoms with Crippen molar-refractivity contribution < 1.29 is 4.74 Å². The molecule has 1 N–H and O–H groups in total. The summed E-state index contributed by atoms with van der Waals surface area (Å²) in [5, 5.41) is 20.9. The Balaban J connectivity index is 1.60. The van der Waals surface area contributed by atoms with Gasteiger partial charge in [-0.1, -0.05) is 64.3 Å². The lowest BCUT2D eigenvalue weighted by Crippen LogP contribution is -2.09. The van der Waals surface area contributed by atoms with Gasteiger partial charge in [0.2, 0.25) is 0 Å². The minimum Gasteiger partial charge on any atom is -0.497 e. The molecule has 0 radical (unpaired) electrons. The zero-order valence-corrected chi connectivity index (χ0v) is 20.6. The second-order valence-corrected chi connectivity index (χ2v) is 9.01. The highest BCUT2D eigenvalue weighted by atomic mass is 35.5. The molecule has 3 aromatic carbocycles. The van der Waals surface area contributed by atoms with Gasteiger partial charge in [-0.25, -0.2) is 4.68 Å². The fourth-order valence-corrected chi connectivity index (χ4v) is 4.38. The Bertz CT molecular complexity index is 1450. The minimum atomic E-state index is -0.116. The molecule has 1 atom stereocenters. The van der Waals surface area contributed by atoms with Gasteiger partial charge in [-0.3, -0.25) is 0 Å². The van der Waals surface area contributed by atoms with Crippen molar-refractivity contribution in [1.29, 1.82) is 0 Å². The Labute approximate surface area is 212 Å². The monoisotopic (exact) mass is 504 g/mol. The molecule has 5 aromatic rings. The van der Waals surface area contributed by atoms with Crippen molar-refractivity contribution in [3.05, 3.63) is 105 Å². The highest BCUT2D eigenvalue weighted by Crippen LogP contribution is 2.33. The van der Waals surface area contributed by atoms with E-state index in [1.807, 2.05) is 47.1 Å². The molecule has 0 saturated carbocycles. The molecule has 7 nitrogen and oxygen atoms in total. The first-order valence-electron chi connectivity index (χ1n) is 11.0. The molecular weight excluding hydrogens is 483 g/mol. The van der Waals surface area contributed by atoms with Gasteiger partial charge in [0.1, 0.15) is 5.75 Å². The lowest BCUT2D eigenvalue weighted by Gasteiger charge is -2.13. The standard InChI is InChI=1S/C26H22Cl2N6O/c1-16-4-3-5-17(12-16)22(26-29-32-33-30-26)14-19-15-25(18-6-11-23(27)24(28)13-18)34(31-19)20-7-9-21(35-2)10-8-20/h3-13,15,22H,14H2,1-2H3,(H,29,30,32,33)/t22-/m0/s1. The largest absolute Gasteiger partial charge is 0.497 e. The molecular formula is C26H22Cl2N6O. The van der Waals surface area contributed by atoms with Crippen molar-refractivity contribution in [3.63, 3.8) is 0 Å². The van der Waals surface area contributed by atoms with Gasteiger partial charge in [0, 0.05) is 12.0 Å². The fraction of sp³-hybridized carbons (Fsp3) is 0.154. The maximum Gasteiger partial charge on any atom is 0.182 e. The van der Waals surface area contributed by atoms with Crippen molar-refractivity contribution in [3.8, 4) is 22.7 Å². The van der Waals surface area contributed by atoms with Crippen LogP contribution in [0.2, 0.25) is 10.0 Å². The van der Waals surface area contributed by atoms with Gasteiger partial charge in [-0.2, -0.15) is 10.3 Å². The van der Waals surface area contributed by atoms with E-state index in [1.54, 1.807) is 13.2 Å². The molecule has 0 unspecified atom stereocenters. The number of ether oxygens (including phenoxy) is 1. The van der Waals surface area contributed by atoms with Crippen LogP contribution in [0.5, 0.6) is 5.75 Å². The molecule has 9 heteroatoms. The number of methoxy groups -OCH3 is 1. The number of aromatic amines is 1. The Kier molecular flexibility index (Phi) is 6.53. The molecule has 0 spiro atoms. The van der Waals surface area contributed by atoms with Crippen LogP contribution in [-0.4, -0.2) is 37.5 Å².